The van der Waals surface area contributed by atoms with Crippen LogP contribution in [0.3, 0.4) is 0 Å². The van der Waals surface area contributed by atoms with E-state index >= 15 is 0 Å². The van der Waals surface area contributed by atoms with Gasteiger partial charge in [0.2, 0.25) is 0 Å². The Morgan fingerprint density at radius 3 is 1.67 bits per heavy atom. The summed E-state index contributed by atoms with van der Waals surface area (Å²) in [7, 11) is 1.58. The molecule has 0 amide bonds. The topological polar surface area (TPSA) is 124 Å². The standard InChI is InChI=1S/C41H46O11/c1-44-25-31-35(45-22-27-14-6-2-7-15-27)37(46-23-28-16-8-3-9-17-28)38(47-24-29-18-10-4-11-19-29)41(50-31)52-36-33(42)34-32(49-39(36)43)26-48-40(51-34)30-20-12-5-13-21-30/h2-21,31-43H,22-26H2,1H3/t31-,32-,33+,34-,35-,36-,37+,38-,39+,40?,41-/m1/s1. The van der Waals surface area contributed by atoms with E-state index in [9.17, 15) is 10.2 Å². The molecule has 7 rings (SSSR count). The number of fused-ring (bicyclic) bond motifs is 1. The Balaban J connectivity index is 1.17. The predicted molar refractivity (Wildman–Crippen MR) is 187 cm³/mol. The van der Waals surface area contributed by atoms with E-state index in [2.05, 4.69) is 0 Å². The fourth-order valence-corrected chi connectivity index (χ4v) is 6.82. The molecule has 3 heterocycles. The molecular weight excluding hydrogens is 668 g/mol. The monoisotopic (exact) mass is 714 g/mol. The molecule has 11 nitrogen and oxygen atoms in total. The van der Waals surface area contributed by atoms with E-state index in [1.54, 1.807) is 7.11 Å². The molecule has 0 radical (unpaired) electrons. The van der Waals surface area contributed by atoms with Crippen molar-refractivity contribution in [1.82, 2.24) is 0 Å². The zero-order chi connectivity index (χ0) is 35.7. The highest BCUT2D eigenvalue weighted by molar-refractivity contribution is 5.18. The van der Waals surface area contributed by atoms with Gasteiger partial charge < -0.3 is 52.8 Å². The van der Waals surface area contributed by atoms with Gasteiger partial charge in [-0.15, -0.1) is 0 Å². The lowest BCUT2D eigenvalue weighted by Crippen LogP contribution is -2.66. The number of benzene rings is 4. The molecule has 276 valence electrons. The summed E-state index contributed by atoms with van der Waals surface area (Å²) < 4.78 is 56.8. The SMILES string of the molecule is COC[C@H]1O[C@H](O[C@@H]2[C@@H](O)[C@@H]3OC(c4ccccc4)OC[C@H]3O[C@@H]2O)[C@H](OCc2ccccc2)[C@@H](OCc2ccccc2)[C@@H]1OCc1ccccc1. The molecule has 0 aromatic heterocycles. The number of hydrogen-bond acceptors (Lipinski definition) is 11. The van der Waals surface area contributed by atoms with Gasteiger partial charge in [-0.1, -0.05) is 121 Å². The summed E-state index contributed by atoms with van der Waals surface area (Å²) >= 11 is 0. The molecule has 52 heavy (non-hydrogen) atoms. The summed E-state index contributed by atoms with van der Waals surface area (Å²) in [5, 5.41) is 23.0. The molecule has 11 atom stereocenters. The highest BCUT2D eigenvalue weighted by Gasteiger charge is 2.54. The third kappa shape index (κ3) is 8.96. The van der Waals surface area contributed by atoms with E-state index < -0.39 is 67.7 Å². The van der Waals surface area contributed by atoms with Crippen LogP contribution in [-0.4, -0.2) is 91.9 Å². The Morgan fingerprint density at radius 2 is 1.12 bits per heavy atom. The van der Waals surface area contributed by atoms with Crippen LogP contribution in [0.25, 0.3) is 0 Å². The summed E-state index contributed by atoms with van der Waals surface area (Å²) in [6, 6.07) is 38.9. The van der Waals surface area contributed by atoms with Crippen LogP contribution in [0.5, 0.6) is 0 Å². The first-order valence-electron chi connectivity index (χ1n) is 17.7. The number of aliphatic hydroxyl groups is 2. The molecule has 0 bridgehead atoms. The molecule has 4 aromatic rings. The van der Waals surface area contributed by atoms with Gasteiger partial charge in [0.1, 0.15) is 48.8 Å². The van der Waals surface area contributed by atoms with Gasteiger partial charge in [-0.05, 0) is 16.7 Å². The second kappa shape index (κ2) is 18.0. The Bertz CT molecular complexity index is 1620. The first-order chi connectivity index (χ1) is 25.6. The number of ether oxygens (including phenoxy) is 9. The second-order valence-corrected chi connectivity index (χ2v) is 13.1. The van der Waals surface area contributed by atoms with Crippen molar-refractivity contribution in [1.29, 1.82) is 0 Å². The lowest BCUT2D eigenvalue weighted by Gasteiger charge is -2.50. The van der Waals surface area contributed by atoms with Crippen LogP contribution >= 0.6 is 0 Å². The Hall–Kier alpha value is -3.56. The predicted octanol–water partition coefficient (Wildman–Crippen LogP) is 4.69. The average molecular weight is 715 g/mol. The molecule has 11 heteroatoms. The van der Waals surface area contributed by atoms with Gasteiger partial charge in [0.15, 0.2) is 18.9 Å². The van der Waals surface area contributed by atoms with Gasteiger partial charge >= 0.3 is 0 Å². The average Bonchev–Trinajstić information content (AvgIpc) is 3.19. The van der Waals surface area contributed by atoms with E-state index in [1.807, 2.05) is 121 Å². The van der Waals surface area contributed by atoms with Crippen LogP contribution in [0.2, 0.25) is 0 Å². The molecule has 0 aliphatic carbocycles. The summed E-state index contributed by atoms with van der Waals surface area (Å²) in [4.78, 5) is 0. The zero-order valence-electron chi connectivity index (χ0n) is 29.0. The molecule has 2 N–H and O–H groups in total. The van der Waals surface area contributed by atoms with Gasteiger partial charge in [0, 0.05) is 12.7 Å². The minimum absolute atomic E-state index is 0.111. The lowest BCUT2D eigenvalue weighted by molar-refractivity contribution is -0.393. The maximum atomic E-state index is 11.8. The minimum Gasteiger partial charge on any atom is -0.387 e. The molecular formula is C41H46O11. The number of methoxy groups -OCH3 is 1. The van der Waals surface area contributed by atoms with Gasteiger partial charge in [0.25, 0.3) is 0 Å². The van der Waals surface area contributed by atoms with Crippen LogP contribution < -0.4 is 0 Å². The highest BCUT2D eigenvalue weighted by Crippen LogP contribution is 2.37. The van der Waals surface area contributed by atoms with E-state index in [1.165, 1.54) is 0 Å². The molecule has 0 saturated carbocycles. The van der Waals surface area contributed by atoms with E-state index in [4.69, 9.17) is 42.6 Å². The van der Waals surface area contributed by atoms with Gasteiger partial charge in [-0.2, -0.15) is 0 Å². The van der Waals surface area contributed by atoms with Crippen molar-refractivity contribution in [2.24, 2.45) is 0 Å². The van der Waals surface area contributed by atoms with Crippen molar-refractivity contribution >= 4 is 0 Å². The Kier molecular flexibility index (Phi) is 12.7. The number of hydrogen-bond donors (Lipinski definition) is 2. The van der Waals surface area contributed by atoms with Crippen LogP contribution in [-0.2, 0) is 62.5 Å². The Morgan fingerprint density at radius 1 is 0.596 bits per heavy atom. The van der Waals surface area contributed by atoms with E-state index in [-0.39, 0.29) is 33.0 Å². The van der Waals surface area contributed by atoms with E-state index in [0.29, 0.717) is 0 Å². The van der Waals surface area contributed by atoms with Crippen LogP contribution in [0, 0.1) is 0 Å². The highest BCUT2D eigenvalue weighted by atomic mass is 16.8. The lowest BCUT2D eigenvalue weighted by atomic mass is 9.96. The number of aliphatic hydroxyl groups excluding tert-OH is 2. The van der Waals surface area contributed by atoms with Gasteiger partial charge in [0.05, 0.1) is 33.0 Å². The van der Waals surface area contributed by atoms with Gasteiger partial charge in [-0.25, -0.2) is 0 Å². The summed E-state index contributed by atoms with van der Waals surface area (Å²) in [6.07, 6.45) is -10.5. The van der Waals surface area contributed by atoms with Crippen LogP contribution in [0.1, 0.15) is 28.5 Å². The first kappa shape index (κ1) is 36.8. The molecule has 1 unspecified atom stereocenters. The molecule has 4 aromatic carbocycles. The van der Waals surface area contributed by atoms with Crippen molar-refractivity contribution in [2.75, 3.05) is 20.3 Å². The maximum absolute atomic E-state index is 11.8. The quantitative estimate of drug-likeness (QED) is 0.189. The molecule has 3 aliphatic heterocycles. The van der Waals surface area contributed by atoms with Crippen molar-refractivity contribution in [3.05, 3.63) is 144 Å². The van der Waals surface area contributed by atoms with Crippen LogP contribution in [0.15, 0.2) is 121 Å². The normalized spacial score (nSPS) is 31.9. The van der Waals surface area contributed by atoms with Crippen molar-refractivity contribution in [3.8, 4) is 0 Å². The molecule has 3 fully saturated rings. The van der Waals surface area contributed by atoms with Gasteiger partial charge in [-0.3, -0.25) is 0 Å². The van der Waals surface area contributed by atoms with Crippen LogP contribution in [0.4, 0.5) is 0 Å². The van der Waals surface area contributed by atoms with Crippen molar-refractivity contribution in [2.45, 2.75) is 87.5 Å². The zero-order valence-corrected chi connectivity index (χ0v) is 29.0. The maximum Gasteiger partial charge on any atom is 0.187 e. The number of rotatable bonds is 14. The smallest absolute Gasteiger partial charge is 0.187 e. The minimum atomic E-state index is -1.52. The summed E-state index contributed by atoms with van der Waals surface area (Å²) in [6.45, 7) is 1.00. The fraction of sp³-hybridized carbons (Fsp3) is 0.415. The third-order valence-electron chi connectivity index (χ3n) is 9.47. The molecule has 3 saturated heterocycles. The largest absolute Gasteiger partial charge is 0.387 e. The molecule has 0 spiro atoms. The second-order valence-electron chi connectivity index (χ2n) is 13.1. The third-order valence-corrected chi connectivity index (χ3v) is 9.47. The summed E-state index contributed by atoms with van der Waals surface area (Å²) in [5.41, 5.74) is 3.66. The summed E-state index contributed by atoms with van der Waals surface area (Å²) in [5.74, 6) is 0. The van der Waals surface area contributed by atoms with Crippen molar-refractivity contribution < 1.29 is 52.8 Å². The first-order valence-corrected chi connectivity index (χ1v) is 17.7. The molecule has 3 aliphatic rings. The van der Waals surface area contributed by atoms with Crippen molar-refractivity contribution in [3.63, 3.8) is 0 Å². The Labute approximate surface area is 303 Å². The van der Waals surface area contributed by atoms with E-state index in [0.717, 1.165) is 22.3 Å². The fourth-order valence-electron chi connectivity index (χ4n) is 6.82.